The van der Waals surface area contributed by atoms with Crippen molar-refractivity contribution in [1.29, 1.82) is 0 Å². The molecule has 7 nitrogen and oxygen atoms in total. The number of hydrogen-bond acceptors (Lipinski definition) is 6. The van der Waals surface area contributed by atoms with Crippen LogP contribution in [-0.4, -0.2) is 43.3 Å². The number of carbonyl (C=O) groups is 1. The minimum Gasteiger partial charge on any atom is -0.340 e. The predicted octanol–water partition coefficient (Wildman–Crippen LogP) is 5.04. The van der Waals surface area contributed by atoms with E-state index in [-0.39, 0.29) is 23.6 Å². The number of aromatic nitrogens is 4. The van der Waals surface area contributed by atoms with Crippen LogP contribution in [0, 0.1) is 6.92 Å². The third-order valence-corrected chi connectivity index (χ3v) is 5.82. The summed E-state index contributed by atoms with van der Waals surface area (Å²) in [5.74, 6) is 1.09. The van der Waals surface area contributed by atoms with Gasteiger partial charge in [-0.25, -0.2) is 18.7 Å². The molecule has 9 heteroatoms. The second-order valence-corrected chi connectivity index (χ2v) is 8.38. The molecule has 0 bridgehead atoms. The fourth-order valence-electron chi connectivity index (χ4n) is 4.16. The van der Waals surface area contributed by atoms with Crippen LogP contribution in [0.15, 0.2) is 42.7 Å². The fraction of sp³-hybridized carbons (Fsp3) is 0.375. The number of alkyl halides is 2. The monoisotopic (exact) mass is 452 g/mol. The van der Waals surface area contributed by atoms with E-state index < -0.39 is 6.43 Å². The summed E-state index contributed by atoms with van der Waals surface area (Å²) in [5.41, 5.74) is 2.15. The van der Waals surface area contributed by atoms with E-state index in [0.717, 1.165) is 18.4 Å². The van der Waals surface area contributed by atoms with Crippen molar-refractivity contribution >= 4 is 17.4 Å². The molecule has 172 valence electrons. The van der Waals surface area contributed by atoms with Crippen LogP contribution >= 0.6 is 0 Å². The highest BCUT2D eigenvalue weighted by molar-refractivity contribution is 5.73. The summed E-state index contributed by atoms with van der Waals surface area (Å²) in [6.45, 7) is 5.83. The predicted molar refractivity (Wildman–Crippen MR) is 121 cm³/mol. The second-order valence-electron chi connectivity index (χ2n) is 8.38. The lowest BCUT2D eigenvalue weighted by Gasteiger charge is -2.37. The molecule has 0 aromatic carbocycles. The van der Waals surface area contributed by atoms with Crippen LogP contribution in [0.3, 0.4) is 0 Å². The van der Waals surface area contributed by atoms with Crippen molar-refractivity contribution in [3.05, 3.63) is 59.9 Å². The maximum atomic E-state index is 13.2. The minimum absolute atomic E-state index is 0.0285. The summed E-state index contributed by atoms with van der Waals surface area (Å²) >= 11 is 0. The van der Waals surface area contributed by atoms with Crippen LogP contribution in [0.25, 0.3) is 11.3 Å². The summed E-state index contributed by atoms with van der Waals surface area (Å²) in [4.78, 5) is 31.5. The molecule has 1 fully saturated rings. The van der Waals surface area contributed by atoms with E-state index in [1.54, 1.807) is 38.4 Å². The van der Waals surface area contributed by atoms with Crippen molar-refractivity contribution in [3.63, 3.8) is 0 Å². The number of anilines is 2. The van der Waals surface area contributed by atoms with Gasteiger partial charge >= 0.3 is 0 Å². The molecule has 1 N–H and O–H groups in total. The Kier molecular flexibility index (Phi) is 6.57. The van der Waals surface area contributed by atoms with Gasteiger partial charge in [0.05, 0.1) is 5.69 Å². The van der Waals surface area contributed by atoms with Crippen molar-refractivity contribution in [1.82, 2.24) is 24.8 Å². The first-order valence-electron chi connectivity index (χ1n) is 10.9. The third-order valence-electron chi connectivity index (χ3n) is 5.82. The molecule has 1 saturated heterocycles. The van der Waals surface area contributed by atoms with Crippen molar-refractivity contribution in [3.8, 4) is 11.3 Å². The molecular formula is C24H26F2N6O. The molecule has 3 aromatic heterocycles. The van der Waals surface area contributed by atoms with Crippen LogP contribution in [0.5, 0.6) is 0 Å². The van der Waals surface area contributed by atoms with E-state index in [1.807, 2.05) is 24.0 Å². The second kappa shape index (κ2) is 9.56. The molecule has 4 heterocycles. The number of rotatable bonds is 5. The number of carbonyl (C=O) groups excluding carboxylic acids is 1. The maximum absolute atomic E-state index is 13.2. The molecule has 1 aliphatic heterocycles. The first kappa shape index (κ1) is 22.7. The van der Waals surface area contributed by atoms with Crippen LogP contribution in [0.4, 0.5) is 20.3 Å². The summed E-state index contributed by atoms with van der Waals surface area (Å²) in [6.07, 6.45) is 2.44. The number of nitrogens with one attached hydrogen (secondary N) is 1. The summed E-state index contributed by atoms with van der Waals surface area (Å²) < 4.78 is 26.5. The average Bonchev–Trinajstić information content (AvgIpc) is 2.79. The Hall–Kier alpha value is -3.49. The van der Waals surface area contributed by atoms with Gasteiger partial charge in [0.25, 0.3) is 6.43 Å². The van der Waals surface area contributed by atoms with Crippen molar-refractivity contribution in [2.45, 2.75) is 52.0 Å². The lowest BCUT2D eigenvalue weighted by atomic mass is 9.92. The van der Waals surface area contributed by atoms with Gasteiger partial charge in [-0.1, -0.05) is 0 Å². The van der Waals surface area contributed by atoms with E-state index >= 15 is 0 Å². The average molecular weight is 453 g/mol. The number of likely N-dealkylation sites (tertiary alicyclic amines) is 1. The minimum atomic E-state index is -2.67. The molecule has 0 spiro atoms. The Morgan fingerprint density at radius 2 is 2.00 bits per heavy atom. The summed E-state index contributed by atoms with van der Waals surface area (Å²) in [5, 5.41) is 3.15. The molecule has 0 saturated carbocycles. The molecule has 0 aliphatic carbocycles. The molecule has 4 rings (SSSR count). The van der Waals surface area contributed by atoms with Gasteiger partial charge in [0.1, 0.15) is 17.3 Å². The number of aryl methyl sites for hydroxylation is 1. The highest BCUT2D eigenvalue weighted by atomic mass is 19.3. The third kappa shape index (κ3) is 5.30. The zero-order valence-electron chi connectivity index (χ0n) is 18.8. The quantitative estimate of drug-likeness (QED) is 0.584. The Balaban J connectivity index is 1.72. The smallest absolute Gasteiger partial charge is 0.280 e. The summed E-state index contributed by atoms with van der Waals surface area (Å²) in [7, 11) is 0. The van der Waals surface area contributed by atoms with Crippen LogP contribution in [0.2, 0.25) is 0 Å². The molecular weight excluding hydrogens is 426 g/mol. The topological polar surface area (TPSA) is 83.9 Å². The fourth-order valence-corrected chi connectivity index (χ4v) is 4.16. The Morgan fingerprint density at radius 1 is 1.18 bits per heavy atom. The number of hydrogen-bond donors (Lipinski definition) is 1. The number of pyridine rings is 2. The van der Waals surface area contributed by atoms with Gasteiger partial charge in [-0.15, -0.1) is 0 Å². The highest BCUT2D eigenvalue weighted by Gasteiger charge is 2.30. The van der Waals surface area contributed by atoms with E-state index in [1.165, 1.54) is 6.07 Å². The summed E-state index contributed by atoms with van der Waals surface area (Å²) in [6, 6.07) is 8.68. The molecule has 0 unspecified atom stereocenters. The number of piperidine rings is 1. The maximum Gasteiger partial charge on any atom is 0.280 e. The first-order chi connectivity index (χ1) is 15.8. The van der Waals surface area contributed by atoms with Gasteiger partial charge in [-0.2, -0.15) is 0 Å². The largest absolute Gasteiger partial charge is 0.340 e. The van der Waals surface area contributed by atoms with Gasteiger partial charge in [0.15, 0.2) is 0 Å². The molecule has 0 radical (unpaired) electrons. The van der Waals surface area contributed by atoms with Gasteiger partial charge in [0.2, 0.25) is 5.91 Å². The number of halogens is 2. The molecule has 33 heavy (non-hydrogen) atoms. The molecule has 2 atom stereocenters. The van der Waals surface area contributed by atoms with Crippen LogP contribution < -0.4 is 5.32 Å². The normalized spacial score (nSPS) is 18.4. The highest BCUT2D eigenvalue weighted by Crippen LogP contribution is 2.31. The molecule has 3 aromatic rings. The van der Waals surface area contributed by atoms with Gasteiger partial charge in [-0.3, -0.25) is 14.8 Å². The van der Waals surface area contributed by atoms with E-state index in [0.29, 0.717) is 35.3 Å². The van der Waals surface area contributed by atoms with E-state index in [9.17, 15) is 13.6 Å². The van der Waals surface area contributed by atoms with Gasteiger partial charge in [-0.05, 0) is 51.0 Å². The van der Waals surface area contributed by atoms with Gasteiger partial charge in [0, 0.05) is 60.8 Å². The number of nitrogens with zero attached hydrogens (tertiary/aromatic N) is 5. The number of amides is 1. The standard InChI is InChI=1S/C24H26F2N6O/c1-14-9-19(10-21(28-14)23(25)26)29-22-11-20(17-5-4-8-27-12-17)30-24(31-22)18-7-6-15(2)32(13-18)16(3)33/h4-5,8-12,15,18,23H,6-7,13H2,1-3H3,(H,28,29,30,31)/t15-,18+/m0/s1. The Labute approximate surface area is 191 Å². The van der Waals surface area contributed by atoms with Crippen LogP contribution in [-0.2, 0) is 4.79 Å². The van der Waals surface area contributed by atoms with E-state index in [2.05, 4.69) is 15.3 Å². The van der Waals surface area contributed by atoms with Crippen molar-refractivity contribution in [2.75, 3.05) is 11.9 Å². The van der Waals surface area contributed by atoms with Gasteiger partial charge < -0.3 is 10.2 Å². The first-order valence-corrected chi connectivity index (χ1v) is 10.9. The molecule has 1 aliphatic rings. The van der Waals surface area contributed by atoms with Crippen molar-refractivity contribution < 1.29 is 13.6 Å². The Bertz CT molecular complexity index is 1140. The van der Waals surface area contributed by atoms with Crippen LogP contribution in [0.1, 0.15) is 56.2 Å². The lowest BCUT2D eigenvalue weighted by molar-refractivity contribution is -0.132. The lowest BCUT2D eigenvalue weighted by Crippen LogP contribution is -2.44. The SMILES string of the molecule is CC(=O)N1C[C@H](c2nc(Nc3cc(C)nc(C(F)F)c3)cc(-c3cccnc3)n2)CC[C@@H]1C. The Morgan fingerprint density at radius 3 is 2.70 bits per heavy atom. The van der Waals surface area contributed by atoms with E-state index in [4.69, 9.17) is 9.97 Å². The molecule has 1 amide bonds. The zero-order chi connectivity index (χ0) is 23.5. The van der Waals surface area contributed by atoms with Crippen molar-refractivity contribution in [2.24, 2.45) is 0 Å². The zero-order valence-corrected chi connectivity index (χ0v) is 18.8.